The third-order valence-corrected chi connectivity index (χ3v) is 11.0. The van der Waals surface area contributed by atoms with Gasteiger partial charge in [0.15, 0.2) is 5.65 Å². The van der Waals surface area contributed by atoms with E-state index in [0.717, 1.165) is 92.8 Å². The molecule has 4 atom stereocenters. The van der Waals surface area contributed by atoms with Gasteiger partial charge in [-0.1, -0.05) is 45.0 Å². The summed E-state index contributed by atoms with van der Waals surface area (Å²) in [7, 11) is 0. The first-order chi connectivity index (χ1) is 26.5. The second-order valence-electron chi connectivity index (χ2n) is 16.2. The highest BCUT2D eigenvalue weighted by Crippen LogP contribution is 2.39. The quantitative estimate of drug-likeness (QED) is 0.123. The van der Waals surface area contributed by atoms with E-state index in [0.29, 0.717) is 36.5 Å². The van der Waals surface area contributed by atoms with E-state index < -0.39 is 5.41 Å². The van der Waals surface area contributed by atoms with Crippen molar-refractivity contribution in [3.05, 3.63) is 78.0 Å². The van der Waals surface area contributed by atoms with Gasteiger partial charge in [-0.3, -0.25) is 19.3 Å². The topological polar surface area (TPSA) is 150 Å². The summed E-state index contributed by atoms with van der Waals surface area (Å²) in [5.74, 6) is 2.01. The van der Waals surface area contributed by atoms with Gasteiger partial charge in [0.2, 0.25) is 5.95 Å². The third-order valence-electron chi connectivity index (χ3n) is 11.0. The standard InChI is InChI=1S/C41H57N11O3/c1-28-10-8-11-29(2)52(28)40-48-47-38-17-14-31(27-51(38)40)55-35-16-15-34(32-12-6-7-13-33(32)35)45-39(53)46-37(24-36(42)41(3,4)5)44-30-25-43-50(26-30)20-19-49-18-9-22-54-23-21-49/h6-7,12-14,17,24-29,34-35,42,44H,8-11,15-16,18-23H2,1-5H3,(H2,45,46,53)/b37-24+,42-36?/t28-,29?,34-,35+/m0/s1. The van der Waals surface area contributed by atoms with Gasteiger partial charge in [0.25, 0.3) is 0 Å². The van der Waals surface area contributed by atoms with E-state index >= 15 is 0 Å². The van der Waals surface area contributed by atoms with E-state index in [1.165, 1.54) is 6.42 Å². The second kappa shape index (κ2) is 16.8. The zero-order chi connectivity index (χ0) is 38.5. The molecule has 4 N–H and O–H groups in total. The number of fused-ring (bicyclic) bond motifs is 2. The molecule has 2 aliphatic heterocycles. The number of benzene rings is 1. The molecule has 14 nitrogen and oxygen atoms in total. The number of rotatable bonds is 11. The average molecular weight is 752 g/mol. The van der Waals surface area contributed by atoms with Crippen molar-refractivity contribution in [3.63, 3.8) is 0 Å². The molecule has 14 heteroatoms. The summed E-state index contributed by atoms with van der Waals surface area (Å²) in [6, 6.07) is 12.3. The van der Waals surface area contributed by atoms with Crippen molar-refractivity contribution in [1.29, 1.82) is 5.41 Å². The number of allylic oxidation sites excluding steroid dienone is 1. The number of anilines is 2. The minimum absolute atomic E-state index is 0.184. The lowest BCUT2D eigenvalue weighted by Crippen LogP contribution is -2.44. The maximum Gasteiger partial charge on any atom is 0.320 e. The van der Waals surface area contributed by atoms with Gasteiger partial charge in [0.05, 0.1) is 37.3 Å². The van der Waals surface area contributed by atoms with E-state index in [9.17, 15) is 4.79 Å². The van der Waals surface area contributed by atoms with Crippen LogP contribution in [-0.4, -0.2) is 86.0 Å². The van der Waals surface area contributed by atoms with Gasteiger partial charge in [-0.2, -0.15) is 5.10 Å². The minimum atomic E-state index is -0.408. The van der Waals surface area contributed by atoms with Crippen LogP contribution in [-0.2, 0) is 11.3 Å². The van der Waals surface area contributed by atoms with Crippen LogP contribution in [0, 0.1) is 10.8 Å². The first-order valence-corrected chi connectivity index (χ1v) is 19.9. The lowest BCUT2D eigenvalue weighted by molar-refractivity contribution is 0.140. The summed E-state index contributed by atoms with van der Waals surface area (Å²) in [5.41, 5.74) is 3.56. The zero-order valence-electron chi connectivity index (χ0n) is 32.9. The lowest BCUT2D eigenvalue weighted by Gasteiger charge is -2.39. The third kappa shape index (κ3) is 9.30. The molecule has 3 aromatic heterocycles. The predicted octanol–water partition coefficient (Wildman–Crippen LogP) is 6.69. The van der Waals surface area contributed by atoms with Crippen LogP contribution in [0.1, 0.15) is 96.4 Å². The fraction of sp³-hybridized carbons (Fsp3) is 0.537. The normalized spacial score (nSPS) is 22.5. The van der Waals surface area contributed by atoms with Gasteiger partial charge < -0.3 is 30.4 Å². The molecule has 0 bridgehead atoms. The van der Waals surface area contributed by atoms with Gasteiger partial charge in [0, 0.05) is 61.7 Å². The molecule has 0 saturated carbocycles. The van der Waals surface area contributed by atoms with Crippen LogP contribution in [0.3, 0.4) is 0 Å². The van der Waals surface area contributed by atoms with Crippen LogP contribution in [0.25, 0.3) is 5.65 Å². The molecule has 7 rings (SSSR count). The van der Waals surface area contributed by atoms with Crippen molar-refractivity contribution in [2.75, 3.05) is 43.1 Å². The average Bonchev–Trinajstić information content (AvgIpc) is 3.69. The number of carbonyl (C=O) groups is 1. The highest BCUT2D eigenvalue weighted by atomic mass is 16.5. The molecular weight excluding hydrogens is 695 g/mol. The van der Waals surface area contributed by atoms with Crippen LogP contribution in [0.5, 0.6) is 5.75 Å². The van der Waals surface area contributed by atoms with E-state index in [-0.39, 0.29) is 18.2 Å². The molecule has 294 valence electrons. The van der Waals surface area contributed by atoms with Crippen molar-refractivity contribution in [2.45, 2.75) is 104 Å². The Kier molecular flexibility index (Phi) is 11.7. The Hall–Kier alpha value is -4.95. The van der Waals surface area contributed by atoms with Crippen molar-refractivity contribution in [3.8, 4) is 5.75 Å². The number of amides is 2. The summed E-state index contributed by atoms with van der Waals surface area (Å²) in [4.78, 5) is 18.5. The van der Waals surface area contributed by atoms with Crippen molar-refractivity contribution < 1.29 is 14.3 Å². The Morgan fingerprint density at radius 1 is 0.964 bits per heavy atom. The summed E-state index contributed by atoms with van der Waals surface area (Å²) in [5, 5.41) is 31.8. The monoisotopic (exact) mass is 751 g/mol. The van der Waals surface area contributed by atoms with E-state index in [1.807, 2.05) is 66.5 Å². The number of urea groups is 1. The molecule has 1 unspecified atom stereocenters. The molecule has 1 aromatic carbocycles. The van der Waals surface area contributed by atoms with Crippen LogP contribution >= 0.6 is 0 Å². The van der Waals surface area contributed by atoms with Crippen molar-refractivity contribution in [2.24, 2.45) is 5.41 Å². The lowest BCUT2D eigenvalue weighted by atomic mass is 9.85. The molecule has 0 radical (unpaired) electrons. The summed E-state index contributed by atoms with van der Waals surface area (Å²) >= 11 is 0. The number of hydrogen-bond acceptors (Lipinski definition) is 10. The summed E-state index contributed by atoms with van der Waals surface area (Å²) in [6.07, 6.45) is 13.1. The largest absolute Gasteiger partial charge is 0.484 e. The number of carbonyl (C=O) groups excluding carboxylic acids is 1. The van der Waals surface area contributed by atoms with Crippen LogP contribution in [0.4, 0.5) is 16.4 Å². The van der Waals surface area contributed by atoms with Crippen LogP contribution in [0.2, 0.25) is 0 Å². The van der Waals surface area contributed by atoms with E-state index in [4.69, 9.17) is 14.9 Å². The molecule has 3 aliphatic rings. The summed E-state index contributed by atoms with van der Waals surface area (Å²) in [6.45, 7) is 15.6. The first kappa shape index (κ1) is 38.3. The Balaban J connectivity index is 1.02. The maximum absolute atomic E-state index is 13.7. The SMILES string of the molecule is CC1CCC[C@H](C)N1c1nnc2ccc(O[C@@H]3CC[C@H](NC(=O)N/C(=C/C(=N)C(C)(C)C)Nc4cnn(CCN5CCCOCC5)c4)c4ccccc43)cn12. The molecule has 55 heavy (non-hydrogen) atoms. The van der Waals surface area contributed by atoms with E-state index in [1.54, 1.807) is 12.3 Å². The van der Waals surface area contributed by atoms with Crippen LogP contribution < -0.4 is 25.6 Å². The van der Waals surface area contributed by atoms with Crippen molar-refractivity contribution in [1.82, 2.24) is 39.9 Å². The number of hydrogen-bond donors (Lipinski definition) is 4. The predicted molar refractivity (Wildman–Crippen MR) is 215 cm³/mol. The Labute approximate surface area is 324 Å². The number of pyridine rings is 1. The molecule has 2 fully saturated rings. The second-order valence-corrected chi connectivity index (χ2v) is 16.2. The number of aromatic nitrogens is 5. The van der Waals surface area contributed by atoms with Gasteiger partial charge >= 0.3 is 6.03 Å². The van der Waals surface area contributed by atoms with Gasteiger partial charge in [0.1, 0.15) is 17.7 Å². The smallest absolute Gasteiger partial charge is 0.320 e. The van der Waals surface area contributed by atoms with Gasteiger partial charge in [-0.05, 0) is 75.6 Å². The Morgan fingerprint density at radius 2 is 1.76 bits per heavy atom. The molecule has 0 spiro atoms. The van der Waals surface area contributed by atoms with Crippen LogP contribution in [0.15, 0.2) is 66.9 Å². The number of nitrogens with one attached hydrogen (secondary N) is 4. The van der Waals surface area contributed by atoms with Crippen molar-refractivity contribution >= 4 is 29.0 Å². The molecule has 5 heterocycles. The molecule has 4 aromatic rings. The van der Waals surface area contributed by atoms with Gasteiger partial charge in [-0.25, -0.2) is 4.79 Å². The molecule has 1 aliphatic carbocycles. The van der Waals surface area contributed by atoms with Gasteiger partial charge in [-0.15, -0.1) is 10.2 Å². The number of ether oxygens (including phenoxy) is 2. The molecule has 2 amide bonds. The Bertz CT molecular complexity index is 1960. The van der Waals surface area contributed by atoms with E-state index in [2.05, 4.69) is 67.0 Å². The molecule has 2 saturated heterocycles. The minimum Gasteiger partial charge on any atom is -0.484 e. The highest BCUT2D eigenvalue weighted by molar-refractivity contribution is 5.97. The number of nitrogens with zero attached hydrogens (tertiary/aromatic N) is 7. The first-order valence-electron chi connectivity index (χ1n) is 19.9. The fourth-order valence-electron chi connectivity index (χ4n) is 7.86. The fourth-order valence-corrected chi connectivity index (χ4v) is 7.86. The summed E-state index contributed by atoms with van der Waals surface area (Å²) < 4.78 is 16.2. The zero-order valence-corrected chi connectivity index (χ0v) is 32.9. The highest BCUT2D eigenvalue weighted by Gasteiger charge is 2.31. The Morgan fingerprint density at radius 3 is 2.56 bits per heavy atom. The number of piperidine rings is 1. The molecular formula is C41H57N11O3. The maximum atomic E-state index is 13.7.